The number of amides is 1. The van der Waals surface area contributed by atoms with Crippen LogP contribution in [0.25, 0.3) is 0 Å². The van der Waals surface area contributed by atoms with Gasteiger partial charge in [-0.3, -0.25) is 9.48 Å². The van der Waals surface area contributed by atoms with Crippen LogP contribution in [0.5, 0.6) is 0 Å². The van der Waals surface area contributed by atoms with Gasteiger partial charge < -0.3 is 15.1 Å². The van der Waals surface area contributed by atoms with Crippen LogP contribution < -0.4 is 5.32 Å². The van der Waals surface area contributed by atoms with Gasteiger partial charge in [0, 0.05) is 52.9 Å². The normalized spacial score (nSPS) is 16.4. The van der Waals surface area contributed by atoms with E-state index in [0.29, 0.717) is 5.92 Å². The number of aryl methyl sites for hydroxylation is 1. The van der Waals surface area contributed by atoms with Crippen molar-refractivity contribution in [1.29, 1.82) is 0 Å². The number of carbonyl (C=O) groups excluding carboxylic acids is 1. The minimum absolute atomic E-state index is 0. The summed E-state index contributed by atoms with van der Waals surface area (Å²) in [5.74, 6) is 1.27. The number of nitrogens with one attached hydrogen (secondary N) is 1. The summed E-state index contributed by atoms with van der Waals surface area (Å²) < 4.78 is 1.85. The maximum absolute atomic E-state index is 12.0. The number of aromatic nitrogens is 2. The van der Waals surface area contributed by atoms with Gasteiger partial charge in [0.05, 0.1) is 6.20 Å². The van der Waals surface area contributed by atoms with Crippen LogP contribution in [0.4, 0.5) is 0 Å². The summed E-state index contributed by atoms with van der Waals surface area (Å²) in [7, 11) is 5.46. The maximum atomic E-state index is 12.0. The number of likely N-dealkylation sites (N-methyl/N-ethyl adjacent to an activating group) is 1. The first-order valence-corrected chi connectivity index (χ1v) is 9.79. The Hall–Kier alpha value is -2.10. The molecule has 29 heavy (non-hydrogen) atoms. The van der Waals surface area contributed by atoms with Crippen molar-refractivity contribution in [3.63, 3.8) is 0 Å². The second kappa shape index (κ2) is 11.2. The van der Waals surface area contributed by atoms with E-state index in [1.807, 2.05) is 24.0 Å². The van der Waals surface area contributed by atoms with Crippen LogP contribution >= 0.6 is 24.0 Å². The number of nitrogens with zero attached hydrogens (tertiary/aromatic N) is 5. The zero-order valence-corrected chi connectivity index (χ0v) is 19.7. The SMILES string of the molecule is CN(C)C(=O)CN=C(NCCc1ccccc1)N1CCC(c2cnn(C)c2)C1.I. The number of aliphatic imine (C=N–C) groups is 1. The van der Waals surface area contributed by atoms with E-state index in [4.69, 9.17) is 0 Å². The van der Waals surface area contributed by atoms with Crippen molar-refractivity contribution in [2.75, 3.05) is 40.3 Å². The van der Waals surface area contributed by atoms with Gasteiger partial charge in [0.25, 0.3) is 0 Å². The molecule has 1 N–H and O–H groups in total. The Morgan fingerprint density at radius 3 is 2.72 bits per heavy atom. The van der Waals surface area contributed by atoms with Crippen LogP contribution in [0.1, 0.15) is 23.5 Å². The molecule has 7 nitrogen and oxygen atoms in total. The number of likely N-dealkylation sites (tertiary alicyclic amines) is 1. The molecule has 1 amide bonds. The average molecular weight is 510 g/mol. The monoisotopic (exact) mass is 510 g/mol. The summed E-state index contributed by atoms with van der Waals surface area (Å²) in [5, 5.41) is 7.76. The van der Waals surface area contributed by atoms with Gasteiger partial charge >= 0.3 is 0 Å². The second-order valence-corrected chi connectivity index (χ2v) is 7.47. The van der Waals surface area contributed by atoms with Crippen LogP contribution in [0.15, 0.2) is 47.7 Å². The molecule has 0 bridgehead atoms. The molecule has 3 rings (SSSR count). The minimum Gasteiger partial charge on any atom is -0.356 e. The first-order valence-electron chi connectivity index (χ1n) is 9.79. The van der Waals surface area contributed by atoms with Crippen molar-refractivity contribution < 1.29 is 4.79 Å². The van der Waals surface area contributed by atoms with E-state index in [-0.39, 0.29) is 36.4 Å². The summed E-state index contributed by atoms with van der Waals surface area (Å²) in [6.45, 7) is 2.76. The van der Waals surface area contributed by atoms with Crippen LogP contribution in [0.2, 0.25) is 0 Å². The van der Waals surface area contributed by atoms with E-state index in [9.17, 15) is 4.79 Å². The molecule has 2 aromatic rings. The Morgan fingerprint density at radius 1 is 1.31 bits per heavy atom. The molecular formula is C21H31IN6O. The van der Waals surface area contributed by atoms with E-state index >= 15 is 0 Å². The average Bonchev–Trinajstić information content (AvgIpc) is 3.34. The molecular weight excluding hydrogens is 479 g/mol. The molecule has 1 fully saturated rings. The maximum Gasteiger partial charge on any atom is 0.243 e. The van der Waals surface area contributed by atoms with Crippen LogP contribution in [-0.2, 0) is 18.3 Å². The Bertz CT molecular complexity index is 805. The van der Waals surface area contributed by atoms with Gasteiger partial charge in [-0.05, 0) is 24.0 Å². The fourth-order valence-electron chi connectivity index (χ4n) is 3.39. The molecule has 1 saturated heterocycles. The summed E-state index contributed by atoms with van der Waals surface area (Å²) in [6, 6.07) is 10.4. The number of hydrogen-bond acceptors (Lipinski definition) is 3. The molecule has 1 aromatic carbocycles. The fourth-order valence-corrected chi connectivity index (χ4v) is 3.39. The van der Waals surface area contributed by atoms with Crippen molar-refractivity contribution in [2.24, 2.45) is 12.0 Å². The summed E-state index contributed by atoms with van der Waals surface area (Å²) in [4.78, 5) is 20.5. The molecule has 0 aliphatic carbocycles. The molecule has 1 atom stereocenters. The predicted molar refractivity (Wildman–Crippen MR) is 127 cm³/mol. The summed E-state index contributed by atoms with van der Waals surface area (Å²) >= 11 is 0. The van der Waals surface area contributed by atoms with Crippen molar-refractivity contribution in [3.8, 4) is 0 Å². The first-order chi connectivity index (χ1) is 13.5. The van der Waals surface area contributed by atoms with Gasteiger partial charge in [0.1, 0.15) is 6.54 Å². The number of carbonyl (C=O) groups is 1. The van der Waals surface area contributed by atoms with E-state index in [0.717, 1.165) is 38.4 Å². The summed E-state index contributed by atoms with van der Waals surface area (Å²) in [6.07, 6.45) is 6.01. The van der Waals surface area contributed by atoms with Crippen molar-refractivity contribution >= 4 is 35.8 Å². The molecule has 0 saturated carbocycles. The molecule has 1 aliphatic heterocycles. The lowest BCUT2D eigenvalue weighted by Crippen LogP contribution is -2.41. The Balaban J connectivity index is 0.00000300. The van der Waals surface area contributed by atoms with Gasteiger partial charge in [-0.2, -0.15) is 5.10 Å². The predicted octanol–water partition coefficient (Wildman–Crippen LogP) is 2.10. The standard InChI is InChI=1S/C21H30N6O.HI/c1-25(2)20(28)14-23-21(22-11-9-17-7-5-4-6-8-17)27-12-10-18(16-27)19-13-24-26(3)15-19;/h4-8,13,15,18H,9-12,14,16H2,1-3H3,(H,22,23);1H. The lowest BCUT2D eigenvalue weighted by molar-refractivity contribution is -0.127. The van der Waals surface area contributed by atoms with E-state index in [1.165, 1.54) is 11.1 Å². The highest BCUT2D eigenvalue weighted by Gasteiger charge is 2.27. The molecule has 8 heteroatoms. The van der Waals surface area contributed by atoms with Crippen LogP contribution in [0, 0.1) is 0 Å². The van der Waals surface area contributed by atoms with Gasteiger partial charge in [-0.15, -0.1) is 24.0 Å². The van der Waals surface area contributed by atoms with Gasteiger partial charge in [-0.25, -0.2) is 4.99 Å². The van der Waals surface area contributed by atoms with Crippen molar-refractivity contribution in [3.05, 3.63) is 53.9 Å². The topological polar surface area (TPSA) is 65.8 Å². The third kappa shape index (κ3) is 6.73. The molecule has 0 spiro atoms. The number of rotatable bonds is 6. The lowest BCUT2D eigenvalue weighted by atomic mass is 10.0. The highest BCUT2D eigenvalue weighted by atomic mass is 127. The second-order valence-electron chi connectivity index (χ2n) is 7.47. The lowest BCUT2D eigenvalue weighted by Gasteiger charge is -2.22. The van der Waals surface area contributed by atoms with E-state index in [2.05, 4.69) is 50.8 Å². The van der Waals surface area contributed by atoms with E-state index in [1.54, 1.807) is 19.0 Å². The Kier molecular flexibility index (Phi) is 8.94. The Morgan fingerprint density at radius 2 is 2.07 bits per heavy atom. The molecule has 158 valence electrons. The van der Waals surface area contributed by atoms with Gasteiger partial charge in [-0.1, -0.05) is 30.3 Å². The first kappa shape index (κ1) is 23.2. The van der Waals surface area contributed by atoms with Gasteiger partial charge in [0.2, 0.25) is 5.91 Å². The fraction of sp³-hybridized carbons (Fsp3) is 0.476. The number of halogens is 1. The van der Waals surface area contributed by atoms with Gasteiger partial charge in [0.15, 0.2) is 5.96 Å². The zero-order valence-electron chi connectivity index (χ0n) is 17.4. The van der Waals surface area contributed by atoms with Crippen LogP contribution in [0.3, 0.4) is 0 Å². The zero-order chi connectivity index (χ0) is 19.9. The third-order valence-electron chi connectivity index (χ3n) is 5.09. The number of guanidine groups is 1. The minimum atomic E-state index is 0. The molecule has 1 aliphatic rings. The third-order valence-corrected chi connectivity index (χ3v) is 5.09. The highest BCUT2D eigenvalue weighted by Crippen LogP contribution is 2.26. The van der Waals surface area contributed by atoms with Crippen LogP contribution in [-0.4, -0.2) is 71.7 Å². The summed E-state index contributed by atoms with van der Waals surface area (Å²) in [5.41, 5.74) is 2.55. The van der Waals surface area contributed by atoms with E-state index < -0.39 is 0 Å². The molecule has 2 heterocycles. The van der Waals surface area contributed by atoms with Crippen molar-refractivity contribution in [1.82, 2.24) is 24.9 Å². The van der Waals surface area contributed by atoms with Crippen molar-refractivity contribution in [2.45, 2.75) is 18.8 Å². The molecule has 1 aromatic heterocycles. The highest BCUT2D eigenvalue weighted by molar-refractivity contribution is 14.0. The number of hydrogen-bond donors (Lipinski definition) is 1. The molecule has 1 unspecified atom stereocenters. The molecule has 0 radical (unpaired) electrons. The quantitative estimate of drug-likeness (QED) is 0.368. The Labute approximate surface area is 190 Å². The smallest absolute Gasteiger partial charge is 0.243 e. The largest absolute Gasteiger partial charge is 0.356 e. The number of benzene rings is 1.